The lowest BCUT2D eigenvalue weighted by atomic mass is 9.62. The second-order valence-electron chi connectivity index (χ2n) is 4.75. The normalized spacial score (nSPS) is 17.8. The Balaban J connectivity index is 2.22. The summed E-state index contributed by atoms with van der Waals surface area (Å²) in [5.74, 6) is -0.681. The number of hydrogen-bond donors (Lipinski definition) is 1. The lowest BCUT2D eigenvalue weighted by Gasteiger charge is -2.41. The largest absolute Gasteiger partial charge is 0.481 e. The first kappa shape index (κ1) is 11.2. The van der Waals surface area contributed by atoms with E-state index < -0.39 is 5.97 Å². The molecule has 0 spiro atoms. The SMILES string of the molecule is CCc1ccc(C2(CC(=O)O)CCC2)cc1. The molecule has 1 aliphatic carbocycles. The van der Waals surface area contributed by atoms with Gasteiger partial charge < -0.3 is 5.11 Å². The lowest BCUT2D eigenvalue weighted by molar-refractivity contribution is -0.139. The highest BCUT2D eigenvalue weighted by Gasteiger charge is 2.40. The van der Waals surface area contributed by atoms with Gasteiger partial charge >= 0.3 is 5.97 Å². The molecule has 2 heteroatoms. The van der Waals surface area contributed by atoms with E-state index in [2.05, 4.69) is 31.2 Å². The first-order chi connectivity index (χ1) is 7.66. The van der Waals surface area contributed by atoms with Gasteiger partial charge in [0, 0.05) is 5.41 Å². The van der Waals surface area contributed by atoms with Crippen molar-refractivity contribution in [2.45, 2.75) is 44.4 Å². The van der Waals surface area contributed by atoms with Crippen LogP contribution >= 0.6 is 0 Å². The van der Waals surface area contributed by atoms with Gasteiger partial charge in [-0.15, -0.1) is 0 Å². The minimum atomic E-state index is -0.681. The van der Waals surface area contributed by atoms with Gasteiger partial charge in [-0.05, 0) is 30.4 Å². The molecule has 0 amide bonds. The summed E-state index contributed by atoms with van der Waals surface area (Å²) in [6, 6.07) is 8.47. The molecule has 1 saturated carbocycles. The van der Waals surface area contributed by atoms with Crippen molar-refractivity contribution >= 4 is 5.97 Å². The van der Waals surface area contributed by atoms with E-state index in [1.807, 2.05) is 0 Å². The van der Waals surface area contributed by atoms with Gasteiger partial charge in [-0.1, -0.05) is 37.6 Å². The molecule has 16 heavy (non-hydrogen) atoms. The average Bonchev–Trinajstić information content (AvgIpc) is 2.23. The van der Waals surface area contributed by atoms with Crippen molar-refractivity contribution in [2.24, 2.45) is 0 Å². The number of hydrogen-bond acceptors (Lipinski definition) is 1. The van der Waals surface area contributed by atoms with Crippen LogP contribution in [0.2, 0.25) is 0 Å². The molecule has 1 aromatic rings. The minimum absolute atomic E-state index is 0.0713. The number of aliphatic carboxylic acids is 1. The minimum Gasteiger partial charge on any atom is -0.481 e. The molecule has 1 N–H and O–H groups in total. The van der Waals surface area contributed by atoms with Crippen LogP contribution in [-0.2, 0) is 16.6 Å². The van der Waals surface area contributed by atoms with Gasteiger partial charge in [-0.25, -0.2) is 0 Å². The summed E-state index contributed by atoms with van der Waals surface area (Å²) in [6.07, 6.45) is 4.50. The van der Waals surface area contributed by atoms with Crippen LogP contribution in [0.25, 0.3) is 0 Å². The Labute approximate surface area is 96.3 Å². The fourth-order valence-electron chi connectivity index (χ4n) is 2.55. The summed E-state index contributed by atoms with van der Waals surface area (Å²) in [4.78, 5) is 10.9. The van der Waals surface area contributed by atoms with Crippen LogP contribution < -0.4 is 0 Å². The van der Waals surface area contributed by atoms with Crippen molar-refractivity contribution in [2.75, 3.05) is 0 Å². The van der Waals surface area contributed by atoms with Crippen LogP contribution in [0.3, 0.4) is 0 Å². The summed E-state index contributed by atoms with van der Waals surface area (Å²) in [5.41, 5.74) is 2.45. The second-order valence-corrected chi connectivity index (χ2v) is 4.75. The molecule has 2 nitrogen and oxygen atoms in total. The highest BCUT2D eigenvalue weighted by molar-refractivity contribution is 5.69. The maximum absolute atomic E-state index is 10.9. The van der Waals surface area contributed by atoms with E-state index in [1.165, 1.54) is 11.1 Å². The number of aryl methyl sites for hydroxylation is 1. The van der Waals surface area contributed by atoms with E-state index in [4.69, 9.17) is 5.11 Å². The Morgan fingerprint density at radius 1 is 1.31 bits per heavy atom. The van der Waals surface area contributed by atoms with E-state index in [0.29, 0.717) is 0 Å². The molecule has 0 aliphatic heterocycles. The second kappa shape index (κ2) is 4.28. The monoisotopic (exact) mass is 218 g/mol. The van der Waals surface area contributed by atoms with Crippen molar-refractivity contribution in [1.29, 1.82) is 0 Å². The van der Waals surface area contributed by atoms with Crippen LogP contribution in [0.5, 0.6) is 0 Å². The van der Waals surface area contributed by atoms with Crippen LogP contribution in [0.4, 0.5) is 0 Å². The van der Waals surface area contributed by atoms with Crippen molar-refractivity contribution in [3.05, 3.63) is 35.4 Å². The molecule has 0 atom stereocenters. The van der Waals surface area contributed by atoms with Gasteiger partial charge in [0.05, 0.1) is 6.42 Å². The van der Waals surface area contributed by atoms with E-state index in [-0.39, 0.29) is 11.8 Å². The Morgan fingerprint density at radius 3 is 2.31 bits per heavy atom. The maximum Gasteiger partial charge on any atom is 0.304 e. The van der Waals surface area contributed by atoms with E-state index in [9.17, 15) is 4.79 Å². The molecular formula is C14H18O2. The van der Waals surface area contributed by atoms with Crippen molar-refractivity contribution in [3.8, 4) is 0 Å². The number of carboxylic acids is 1. The highest BCUT2D eigenvalue weighted by Crippen LogP contribution is 2.46. The topological polar surface area (TPSA) is 37.3 Å². The van der Waals surface area contributed by atoms with Gasteiger partial charge in [0.15, 0.2) is 0 Å². The van der Waals surface area contributed by atoms with E-state index in [1.54, 1.807) is 0 Å². The molecule has 0 saturated heterocycles. The zero-order valence-corrected chi connectivity index (χ0v) is 9.70. The molecular weight excluding hydrogens is 200 g/mol. The fraction of sp³-hybridized carbons (Fsp3) is 0.500. The number of carbonyl (C=O) groups is 1. The van der Waals surface area contributed by atoms with Gasteiger partial charge in [-0.3, -0.25) is 4.79 Å². The smallest absolute Gasteiger partial charge is 0.304 e. The van der Waals surface area contributed by atoms with Crippen molar-refractivity contribution in [1.82, 2.24) is 0 Å². The predicted octanol–water partition coefficient (Wildman–Crippen LogP) is 3.15. The molecule has 0 bridgehead atoms. The van der Waals surface area contributed by atoms with Crippen LogP contribution in [-0.4, -0.2) is 11.1 Å². The molecule has 0 unspecified atom stereocenters. The van der Waals surface area contributed by atoms with Gasteiger partial charge in [-0.2, -0.15) is 0 Å². The predicted molar refractivity (Wildman–Crippen MR) is 63.6 cm³/mol. The number of carboxylic acid groups (broad SMARTS) is 1. The summed E-state index contributed by atoms with van der Waals surface area (Å²) >= 11 is 0. The summed E-state index contributed by atoms with van der Waals surface area (Å²) in [5, 5.41) is 8.98. The Bertz CT molecular complexity index is 374. The summed E-state index contributed by atoms with van der Waals surface area (Å²) < 4.78 is 0. The average molecular weight is 218 g/mol. The molecule has 1 aromatic carbocycles. The van der Waals surface area contributed by atoms with Crippen LogP contribution in [0.1, 0.15) is 43.7 Å². The Morgan fingerprint density at radius 2 is 1.94 bits per heavy atom. The molecule has 1 aliphatic rings. The summed E-state index contributed by atoms with van der Waals surface area (Å²) in [7, 11) is 0. The fourth-order valence-corrected chi connectivity index (χ4v) is 2.55. The van der Waals surface area contributed by atoms with Crippen LogP contribution in [0, 0.1) is 0 Å². The zero-order valence-electron chi connectivity index (χ0n) is 9.70. The first-order valence-electron chi connectivity index (χ1n) is 5.97. The van der Waals surface area contributed by atoms with Crippen LogP contribution in [0.15, 0.2) is 24.3 Å². The maximum atomic E-state index is 10.9. The molecule has 0 aromatic heterocycles. The standard InChI is InChI=1S/C14H18O2/c1-2-11-4-6-12(7-5-11)14(8-3-9-14)10-13(15)16/h4-7H,2-3,8-10H2,1H3,(H,15,16). The van der Waals surface area contributed by atoms with E-state index >= 15 is 0 Å². The van der Waals surface area contributed by atoms with E-state index in [0.717, 1.165) is 25.7 Å². The Hall–Kier alpha value is -1.31. The third kappa shape index (κ3) is 1.97. The molecule has 1 fully saturated rings. The zero-order chi connectivity index (χ0) is 11.6. The lowest BCUT2D eigenvalue weighted by Crippen LogP contribution is -2.36. The third-order valence-corrected chi connectivity index (χ3v) is 3.77. The number of benzene rings is 1. The highest BCUT2D eigenvalue weighted by atomic mass is 16.4. The van der Waals surface area contributed by atoms with Crippen molar-refractivity contribution < 1.29 is 9.90 Å². The quantitative estimate of drug-likeness (QED) is 0.843. The Kier molecular flexibility index (Phi) is 2.99. The molecule has 2 rings (SSSR count). The van der Waals surface area contributed by atoms with Crippen molar-refractivity contribution in [3.63, 3.8) is 0 Å². The molecule has 86 valence electrons. The molecule has 0 radical (unpaired) electrons. The summed E-state index contributed by atoms with van der Waals surface area (Å²) in [6.45, 7) is 2.13. The van der Waals surface area contributed by atoms with Gasteiger partial charge in [0.2, 0.25) is 0 Å². The number of rotatable bonds is 4. The van der Waals surface area contributed by atoms with Gasteiger partial charge in [0.25, 0.3) is 0 Å². The third-order valence-electron chi connectivity index (χ3n) is 3.77. The van der Waals surface area contributed by atoms with Gasteiger partial charge in [0.1, 0.15) is 0 Å². The molecule has 0 heterocycles. The first-order valence-corrected chi connectivity index (χ1v) is 5.97.